The molecule has 1 aliphatic carbocycles. The maximum atomic E-state index is 12.9. The molecule has 10 heteroatoms. The molecule has 0 spiro atoms. The fraction of sp³-hybridized carbons (Fsp3) is 0.391. The molecule has 0 aliphatic heterocycles. The summed E-state index contributed by atoms with van der Waals surface area (Å²) in [7, 11) is 0.613. The molecule has 1 atom stereocenters. The molecular formula is C23H27N3O6S. The average molecular weight is 474 g/mol. The summed E-state index contributed by atoms with van der Waals surface area (Å²) in [5, 5.41) is 12.3. The van der Waals surface area contributed by atoms with Crippen LogP contribution in [0.3, 0.4) is 0 Å². The Labute approximate surface area is 193 Å². The number of sulfonamides is 1. The molecule has 0 radical (unpaired) electrons. The zero-order valence-corrected chi connectivity index (χ0v) is 19.6. The zero-order chi connectivity index (χ0) is 24.0. The lowest BCUT2D eigenvalue weighted by Crippen LogP contribution is -2.33. The van der Waals surface area contributed by atoms with Crippen LogP contribution >= 0.6 is 0 Å². The fourth-order valence-electron chi connectivity index (χ4n) is 3.81. The monoisotopic (exact) mass is 473 g/mol. The van der Waals surface area contributed by atoms with Crippen molar-refractivity contribution in [1.29, 1.82) is 5.26 Å². The maximum Gasteiger partial charge on any atom is 0.252 e. The molecule has 1 amide bonds. The first-order valence-electron chi connectivity index (χ1n) is 10.5. The summed E-state index contributed by atoms with van der Waals surface area (Å²) in [5.74, 6) is 0.451. The van der Waals surface area contributed by atoms with Crippen LogP contribution < -0.4 is 24.2 Å². The van der Waals surface area contributed by atoms with Crippen LogP contribution in [-0.2, 0) is 10.0 Å². The van der Waals surface area contributed by atoms with Crippen molar-refractivity contribution in [3.05, 3.63) is 47.5 Å². The fourth-order valence-corrected chi connectivity index (χ4v) is 5.16. The van der Waals surface area contributed by atoms with E-state index in [2.05, 4.69) is 10.0 Å². The van der Waals surface area contributed by atoms with Gasteiger partial charge in [0.2, 0.25) is 15.8 Å². The molecule has 2 aromatic rings. The van der Waals surface area contributed by atoms with E-state index in [1.54, 1.807) is 12.1 Å². The van der Waals surface area contributed by atoms with Gasteiger partial charge in [0.05, 0.1) is 32.3 Å². The molecule has 3 rings (SSSR count). The molecule has 2 aromatic carbocycles. The van der Waals surface area contributed by atoms with Crippen molar-refractivity contribution in [1.82, 2.24) is 10.0 Å². The molecule has 1 aliphatic rings. The lowest BCUT2D eigenvalue weighted by atomic mass is 10.1. The predicted octanol–water partition coefficient (Wildman–Crippen LogP) is 2.93. The van der Waals surface area contributed by atoms with Crippen molar-refractivity contribution in [2.45, 2.75) is 42.7 Å². The SMILES string of the molecule is COc1cc(C(C#N)NC(=O)c2cccc(S(=O)(=O)NC3CCCC3)c2)cc(OC)c1OC. The molecule has 0 aromatic heterocycles. The van der Waals surface area contributed by atoms with Gasteiger partial charge in [0.1, 0.15) is 6.04 Å². The summed E-state index contributed by atoms with van der Waals surface area (Å²) in [6.07, 6.45) is 3.59. The number of nitriles is 1. The van der Waals surface area contributed by atoms with Crippen LogP contribution in [0.25, 0.3) is 0 Å². The highest BCUT2D eigenvalue weighted by molar-refractivity contribution is 7.89. The Morgan fingerprint density at radius 2 is 1.70 bits per heavy atom. The third-order valence-electron chi connectivity index (χ3n) is 5.51. The van der Waals surface area contributed by atoms with Gasteiger partial charge in [-0.2, -0.15) is 5.26 Å². The lowest BCUT2D eigenvalue weighted by molar-refractivity contribution is 0.0945. The second-order valence-corrected chi connectivity index (χ2v) is 9.34. The van der Waals surface area contributed by atoms with Gasteiger partial charge >= 0.3 is 0 Å². The van der Waals surface area contributed by atoms with E-state index in [1.165, 1.54) is 45.6 Å². The van der Waals surface area contributed by atoms with Crippen molar-refractivity contribution >= 4 is 15.9 Å². The molecule has 1 fully saturated rings. The average Bonchev–Trinajstić information content (AvgIpc) is 3.33. The second kappa shape index (κ2) is 10.6. The summed E-state index contributed by atoms with van der Waals surface area (Å²) >= 11 is 0. The highest BCUT2D eigenvalue weighted by atomic mass is 32.2. The summed E-state index contributed by atoms with van der Waals surface area (Å²) in [4.78, 5) is 12.9. The second-order valence-electron chi connectivity index (χ2n) is 7.62. The number of methoxy groups -OCH3 is 3. The molecule has 0 saturated heterocycles. The van der Waals surface area contributed by atoms with Gasteiger partial charge in [0.15, 0.2) is 11.5 Å². The molecule has 0 bridgehead atoms. The van der Waals surface area contributed by atoms with E-state index in [1.807, 2.05) is 6.07 Å². The summed E-state index contributed by atoms with van der Waals surface area (Å²) < 4.78 is 44.1. The Morgan fingerprint density at radius 1 is 1.06 bits per heavy atom. The Bertz CT molecular complexity index is 1130. The van der Waals surface area contributed by atoms with Crippen LogP contribution in [-0.4, -0.2) is 41.7 Å². The van der Waals surface area contributed by atoms with E-state index >= 15 is 0 Å². The molecule has 9 nitrogen and oxygen atoms in total. The largest absolute Gasteiger partial charge is 0.493 e. The number of amides is 1. The highest BCUT2D eigenvalue weighted by Crippen LogP contribution is 2.39. The minimum atomic E-state index is -3.75. The molecule has 33 heavy (non-hydrogen) atoms. The van der Waals surface area contributed by atoms with Gasteiger partial charge in [0.25, 0.3) is 5.91 Å². The van der Waals surface area contributed by atoms with E-state index < -0.39 is 22.0 Å². The number of nitrogens with zero attached hydrogens (tertiary/aromatic N) is 1. The van der Waals surface area contributed by atoms with Crippen LogP contribution in [0, 0.1) is 11.3 Å². The van der Waals surface area contributed by atoms with Crippen LogP contribution in [0.15, 0.2) is 41.3 Å². The van der Waals surface area contributed by atoms with Crippen LogP contribution in [0.4, 0.5) is 0 Å². The number of carbonyl (C=O) groups is 1. The molecule has 2 N–H and O–H groups in total. The van der Waals surface area contributed by atoms with Gasteiger partial charge in [-0.15, -0.1) is 0 Å². The van der Waals surface area contributed by atoms with Gasteiger partial charge in [-0.05, 0) is 48.7 Å². The summed E-state index contributed by atoms with van der Waals surface area (Å²) in [5.41, 5.74) is 0.545. The van der Waals surface area contributed by atoms with Crippen molar-refractivity contribution < 1.29 is 27.4 Å². The number of rotatable bonds is 9. The normalized spacial score (nSPS) is 14.8. The van der Waals surface area contributed by atoms with E-state index in [0.29, 0.717) is 22.8 Å². The van der Waals surface area contributed by atoms with Crippen LogP contribution in [0.1, 0.15) is 47.6 Å². The van der Waals surface area contributed by atoms with Crippen molar-refractivity contribution in [3.63, 3.8) is 0 Å². The van der Waals surface area contributed by atoms with Gasteiger partial charge in [-0.3, -0.25) is 4.79 Å². The minimum Gasteiger partial charge on any atom is -0.493 e. The number of hydrogen-bond donors (Lipinski definition) is 2. The topological polar surface area (TPSA) is 127 Å². The lowest BCUT2D eigenvalue weighted by Gasteiger charge is -2.17. The summed E-state index contributed by atoms with van der Waals surface area (Å²) in [6, 6.07) is 9.79. The zero-order valence-electron chi connectivity index (χ0n) is 18.8. The van der Waals surface area contributed by atoms with Gasteiger partial charge in [-0.1, -0.05) is 18.9 Å². The standard InChI is InChI=1S/C23H27N3O6S/c1-30-20-12-16(13-21(31-2)22(20)32-3)19(14-24)25-23(27)15-7-6-10-18(11-15)33(28,29)26-17-8-4-5-9-17/h6-7,10-13,17,19,26H,4-5,8-9H2,1-3H3,(H,25,27). The molecule has 1 saturated carbocycles. The Hall–Kier alpha value is -3.29. The number of hydrogen-bond acceptors (Lipinski definition) is 7. The predicted molar refractivity (Wildman–Crippen MR) is 121 cm³/mol. The smallest absolute Gasteiger partial charge is 0.252 e. The highest BCUT2D eigenvalue weighted by Gasteiger charge is 2.25. The van der Waals surface area contributed by atoms with E-state index in [-0.39, 0.29) is 16.5 Å². The van der Waals surface area contributed by atoms with Crippen molar-refractivity contribution in [3.8, 4) is 23.3 Å². The number of benzene rings is 2. The third-order valence-corrected chi connectivity index (χ3v) is 7.03. The molecule has 1 unspecified atom stereocenters. The first kappa shape index (κ1) is 24.4. The third kappa shape index (κ3) is 5.56. The number of ether oxygens (including phenoxy) is 3. The Balaban J connectivity index is 1.83. The summed E-state index contributed by atoms with van der Waals surface area (Å²) in [6.45, 7) is 0. The van der Waals surface area contributed by atoms with Crippen LogP contribution in [0.5, 0.6) is 17.2 Å². The van der Waals surface area contributed by atoms with Gasteiger partial charge in [0, 0.05) is 11.6 Å². The quantitative estimate of drug-likeness (QED) is 0.573. The molecule has 176 valence electrons. The first-order valence-corrected chi connectivity index (χ1v) is 11.9. The van der Waals surface area contributed by atoms with Crippen LogP contribution in [0.2, 0.25) is 0 Å². The molecule has 0 heterocycles. The van der Waals surface area contributed by atoms with Gasteiger partial charge < -0.3 is 19.5 Å². The Kier molecular flexibility index (Phi) is 7.79. The van der Waals surface area contributed by atoms with Crippen molar-refractivity contribution in [2.75, 3.05) is 21.3 Å². The minimum absolute atomic E-state index is 0.00310. The molecular weight excluding hydrogens is 446 g/mol. The van der Waals surface area contributed by atoms with Gasteiger partial charge in [-0.25, -0.2) is 13.1 Å². The maximum absolute atomic E-state index is 12.9. The van der Waals surface area contributed by atoms with Crippen molar-refractivity contribution in [2.24, 2.45) is 0 Å². The number of nitrogens with one attached hydrogen (secondary N) is 2. The Morgan fingerprint density at radius 3 is 2.24 bits per heavy atom. The van der Waals surface area contributed by atoms with E-state index in [0.717, 1.165) is 25.7 Å². The van der Waals surface area contributed by atoms with E-state index in [4.69, 9.17) is 14.2 Å². The number of carbonyl (C=O) groups excluding carboxylic acids is 1. The van der Waals surface area contributed by atoms with E-state index in [9.17, 15) is 18.5 Å². The first-order chi connectivity index (χ1) is 15.8.